The number of aromatic nitrogens is 4. The summed E-state index contributed by atoms with van der Waals surface area (Å²) in [4.78, 5) is 7.02. The largest absolute Gasteiger partial charge is 0.484 e. The maximum atomic E-state index is 9.79. The van der Waals surface area contributed by atoms with Crippen molar-refractivity contribution in [1.82, 2.24) is 24.9 Å². The number of aliphatic hydroxyl groups is 1. The van der Waals surface area contributed by atoms with E-state index in [1.807, 2.05) is 36.1 Å². The third-order valence-corrected chi connectivity index (χ3v) is 8.24. The van der Waals surface area contributed by atoms with Crippen LogP contribution in [0.3, 0.4) is 0 Å². The van der Waals surface area contributed by atoms with Crippen molar-refractivity contribution in [3.8, 4) is 5.75 Å². The van der Waals surface area contributed by atoms with Crippen molar-refractivity contribution in [2.24, 2.45) is 0 Å². The molecular formula is C25H29N5O4. The maximum absolute atomic E-state index is 9.79. The van der Waals surface area contributed by atoms with Gasteiger partial charge in [-0.25, -0.2) is 4.68 Å². The lowest BCUT2D eigenvalue weighted by Gasteiger charge is -2.51. The van der Waals surface area contributed by atoms with Gasteiger partial charge in [0.05, 0.1) is 56.3 Å². The van der Waals surface area contributed by atoms with Crippen LogP contribution >= 0.6 is 0 Å². The van der Waals surface area contributed by atoms with Crippen LogP contribution in [-0.2, 0) is 28.0 Å². The van der Waals surface area contributed by atoms with Crippen molar-refractivity contribution in [3.05, 3.63) is 47.4 Å². The Balaban J connectivity index is 1.11. The van der Waals surface area contributed by atoms with Gasteiger partial charge in [0.15, 0.2) is 0 Å². The molecule has 34 heavy (non-hydrogen) atoms. The van der Waals surface area contributed by atoms with Gasteiger partial charge < -0.3 is 19.3 Å². The van der Waals surface area contributed by atoms with Gasteiger partial charge in [0, 0.05) is 23.7 Å². The molecule has 3 saturated heterocycles. The highest BCUT2D eigenvalue weighted by Gasteiger charge is 2.69. The van der Waals surface area contributed by atoms with Crippen LogP contribution in [0, 0.1) is 0 Å². The van der Waals surface area contributed by atoms with E-state index in [9.17, 15) is 5.11 Å². The monoisotopic (exact) mass is 463 g/mol. The predicted octanol–water partition coefficient (Wildman–Crippen LogP) is 1.97. The Morgan fingerprint density at radius 1 is 1.26 bits per heavy atom. The number of morpholine rings is 1. The number of fused-ring (bicyclic) bond motifs is 3. The average Bonchev–Trinajstić information content (AvgIpc) is 3.55. The molecule has 4 fully saturated rings. The Morgan fingerprint density at radius 2 is 2.18 bits per heavy atom. The minimum absolute atomic E-state index is 0.0448. The first-order valence-corrected chi connectivity index (χ1v) is 12.1. The van der Waals surface area contributed by atoms with E-state index in [0.717, 1.165) is 66.9 Å². The van der Waals surface area contributed by atoms with E-state index in [4.69, 9.17) is 14.2 Å². The summed E-state index contributed by atoms with van der Waals surface area (Å²) in [5.74, 6) is 0.804. The molecule has 2 aromatic heterocycles. The van der Waals surface area contributed by atoms with Crippen molar-refractivity contribution in [2.45, 2.75) is 56.0 Å². The van der Waals surface area contributed by atoms with E-state index >= 15 is 0 Å². The third kappa shape index (κ3) is 2.97. The molecule has 1 aromatic carbocycles. The minimum atomic E-state index is -0.232. The number of aliphatic hydroxyl groups excluding tert-OH is 1. The molecule has 1 saturated carbocycles. The van der Waals surface area contributed by atoms with Crippen molar-refractivity contribution in [1.29, 1.82) is 0 Å². The highest BCUT2D eigenvalue weighted by molar-refractivity contribution is 5.84. The molecule has 5 aliphatic rings. The molecular weight excluding hydrogens is 434 g/mol. The summed E-state index contributed by atoms with van der Waals surface area (Å²) >= 11 is 0. The Hall–Kier alpha value is -2.59. The van der Waals surface area contributed by atoms with E-state index in [-0.39, 0.29) is 29.8 Å². The fourth-order valence-corrected chi connectivity index (χ4v) is 6.61. The van der Waals surface area contributed by atoms with E-state index in [1.165, 1.54) is 5.56 Å². The molecule has 4 aliphatic heterocycles. The van der Waals surface area contributed by atoms with Crippen LogP contribution in [0.4, 0.5) is 0 Å². The van der Waals surface area contributed by atoms with Crippen LogP contribution in [0.1, 0.15) is 42.7 Å². The summed E-state index contributed by atoms with van der Waals surface area (Å²) in [5, 5.41) is 19.9. The molecule has 2 atom stereocenters. The van der Waals surface area contributed by atoms with Gasteiger partial charge in [0.2, 0.25) is 0 Å². The van der Waals surface area contributed by atoms with E-state index in [1.54, 1.807) is 0 Å². The first-order chi connectivity index (χ1) is 16.6. The first kappa shape index (κ1) is 20.8. The SMILES string of the molecule is C[C@@H](Oc1ccc2ncc3c(c2c1)CCOC3)c1cn(C23CN4C(CO)COCC4(C2)C3)nn1. The zero-order valence-corrected chi connectivity index (χ0v) is 19.3. The number of hydrogen-bond acceptors (Lipinski definition) is 8. The molecule has 6 heterocycles. The Labute approximate surface area is 197 Å². The lowest BCUT2D eigenvalue weighted by molar-refractivity contribution is -0.110. The quantitative estimate of drug-likeness (QED) is 0.614. The second-order valence-electron chi connectivity index (χ2n) is 10.4. The molecule has 3 aromatic rings. The summed E-state index contributed by atoms with van der Waals surface area (Å²) in [6.45, 7) is 5.71. The molecule has 0 radical (unpaired) electrons. The molecule has 9 heteroatoms. The maximum Gasteiger partial charge on any atom is 0.141 e. The van der Waals surface area contributed by atoms with Crippen molar-refractivity contribution in [2.75, 3.05) is 33.0 Å². The number of pyridine rings is 1. The molecule has 178 valence electrons. The van der Waals surface area contributed by atoms with E-state index in [2.05, 4.69) is 26.3 Å². The smallest absolute Gasteiger partial charge is 0.141 e. The number of nitrogens with zero attached hydrogens (tertiary/aromatic N) is 5. The van der Waals surface area contributed by atoms with Crippen LogP contribution in [0.15, 0.2) is 30.6 Å². The summed E-state index contributed by atoms with van der Waals surface area (Å²) < 4.78 is 19.7. The first-order valence-electron chi connectivity index (χ1n) is 12.1. The molecule has 1 N–H and O–H groups in total. The van der Waals surface area contributed by atoms with Crippen LogP contribution in [0.5, 0.6) is 5.75 Å². The van der Waals surface area contributed by atoms with Gasteiger partial charge >= 0.3 is 0 Å². The normalized spacial score (nSPS) is 31.1. The molecule has 1 aliphatic carbocycles. The Morgan fingerprint density at radius 3 is 3.06 bits per heavy atom. The number of ether oxygens (including phenoxy) is 3. The second-order valence-corrected chi connectivity index (χ2v) is 10.4. The van der Waals surface area contributed by atoms with Crippen molar-refractivity contribution < 1.29 is 19.3 Å². The molecule has 1 spiro atoms. The number of hydrogen-bond donors (Lipinski definition) is 1. The number of rotatable bonds is 5. The zero-order valence-electron chi connectivity index (χ0n) is 19.3. The van der Waals surface area contributed by atoms with Gasteiger partial charge in [-0.05, 0) is 55.5 Å². The summed E-state index contributed by atoms with van der Waals surface area (Å²) in [5.41, 5.74) is 4.24. The van der Waals surface area contributed by atoms with Crippen LogP contribution in [-0.4, -0.2) is 74.5 Å². The summed E-state index contributed by atoms with van der Waals surface area (Å²) in [6, 6.07) is 6.15. The fraction of sp³-hybridized carbons (Fsp3) is 0.560. The van der Waals surface area contributed by atoms with Gasteiger partial charge in [-0.15, -0.1) is 5.10 Å². The molecule has 9 nitrogen and oxygen atoms in total. The predicted molar refractivity (Wildman–Crippen MR) is 123 cm³/mol. The van der Waals surface area contributed by atoms with Crippen LogP contribution < -0.4 is 4.74 Å². The molecule has 8 rings (SSSR count). The van der Waals surface area contributed by atoms with Gasteiger partial charge in [0.25, 0.3) is 0 Å². The Kier molecular flexibility index (Phi) is 4.55. The van der Waals surface area contributed by atoms with Crippen molar-refractivity contribution in [3.63, 3.8) is 0 Å². The zero-order chi connectivity index (χ0) is 22.9. The second kappa shape index (κ2) is 7.45. The van der Waals surface area contributed by atoms with Crippen LogP contribution in [0.2, 0.25) is 0 Å². The van der Waals surface area contributed by atoms with Gasteiger partial charge in [-0.2, -0.15) is 0 Å². The van der Waals surface area contributed by atoms with E-state index < -0.39 is 0 Å². The summed E-state index contributed by atoms with van der Waals surface area (Å²) in [6.07, 6.45) is 6.59. The topological polar surface area (TPSA) is 94.8 Å². The summed E-state index contributed by atoms with van der Waals surface area (Å²) in [7, 11) is 0. The van der Waals surface area contributed by atoms with Crippen LogP contribution in [0.25, 0.3) is 10.9 Å². The molecule has 0 amide bonds. The Bertz CT molecular complexity index is 1250. The lowest BCUT2D eigenvalue weighted by Crippen LogP contribution is -2.62. The lowest BCUT2D eigenvalue weighted by atomic mass is 9.67. The minimum Gasteiger partial charge on any atom is -0.484 e. The molecule has 1 unspecified atom stereocenters. The van der Waals surface area contributed by atoms with Gasteiger partial charge in [0.1, 0.15) is 17.5 Å². The fourth-order valence-electron chi connectivity index (χ4n) is 6.61. The average molecular weight is 464 g/mol. The highest BCUT2D eigenvalue weighted by atomic mass is 16.5. The highest BCUT2D eigenvalue weighted by Crippen LogP contribution is 2.59. The third-order valence-electron chi connectivity index (χ3n) is 8.24. The number of benzene rings is 1. The molecule has 2 bridgehead atoms. The van der Waals surface area contributed by atoms with Crippen molar-refractivity contribution >= 4 is 10.9 Å². The van der Waals surface area contributed by atoms with E-state index in [0.29, 0.717) is 13.2 Å². The van der Waals surface area contributed by atoms with Gasteiger partial charge in [-0.1, -0.05) is 5.21 Å². The van der Waals surface area contributed by atoms with Gasteiger partial charge in [-0.3, -0.25) is 9.88 Å². The standard InChI is InChI=1S/C25H29N5O4/c1-16(34-19-2-3-22-21(6-19)20-4-5-32-10-17(20)7-26-22)23-8-30(28-27-23)24-12-25(13-24)15-33-11-18(9-31)29(25)14-24/h2-3,6-8,16,18,31H,4-5,9-15H2,1H3/t16-,18?,24?,25?/m1/s1.